The molecule has 0 aliphatic heterocycles. The molecule has 0 aliphatic rings. The van der Waals surface area contributed by atoms with Crippen molar-refractivity contribution in [3.05, 3.63) is 59.4 Å². The molecule has 25 heavy (non-hydrogen) atoms. The fourth-order valence-electron chi connectivity index (χ4n) is 2.04. The molecule has 0 atom stereocenters. The van der Waals surface area contributed by atoms with Gasteiger partial charge in [0.05, 0.1) is 18.6 Å². The van der Waals surface area contributed by atoms with Crippen molar-refractivity contribution < 1.29 is 17.7 Å². The maximum atomic E-state index is 12.2. The van der Waals surface area contributed by atoms with E-state index in [1.807, 2.05) is 0 Å². The minimum absolute atomic E-state index is 0.104. The molecule has 0 spiro atoms. The molecule has 9 heteroatoms. The molecule has 0 aliphatic carbocycles. The van der Waals surface area contributed by atoms with Crippen molar-refractivity contribution in [2.75, 3.05) is 7.11 Å². The number of hydrogen-bond donors (Lipinski definition) is 1. The number of nitrogens with zero attached hydrogens (tertiary/aromatic N) is 2. The number of aromatic nitrogens is 2. The summed E-state index contributed by atoms with van der Waals surface area (Å²) in [5.41, 5.74) is 0.733. The van der Waals surface area contributed by atoms with Crippen molar-refractivity contribution in [1.29, 1.82) is 0 Å². The highest BCUT2D eigenvalue weighted by molar-refractivity contribution is 7.89. The highest BCUT2D eigenvalue weighted by Crippen LogP contribution is 2.20. The van der Waals surface area contributed by atoms with Crippen LogP contribution >= 0.6 is 11.6 Å². The molecular weight excluding hydrogens is 366 g/mol. The lowest BCUT2D eigenvalue weighted by molar-refractivity contribution is 0.376. The lowest BCUT2D eigenvalue weighted by atomic mass is 10.2. The van der Waals surface area contributed by atoms with Crippen LogP contribution in [0.2, 0.25) is 5.02 Å². The van der Waals surface area contributed by atoms with E-state index in [4.69, 9.17) is 20.9 Å². The fraction of sp³-hybridized carbons (Fsp3) is 0.125. The van der Waals surface area contributed by atoms with E-state index in [1.165, 1.54) is 24.3 Å². The lowest BCUT2D eigenvalue weighted by Gasteiger charge is -2.04. The van der Waals surface area contributed by atoms with E-state index in [-0.39, 0.29) is 17.3 Å². The minimum Gasteiger partial charge on any atom is -0.497 e. The van der Waals surface area contributed by atoms with E-state index >= 15 is 0 Å². The van der Waals surface area contributed by atoms with Crippen LogP contribution in [-0.4, -0.2) is 25.7 Å². The Hall–Kier alpha value is -2.42. The van der Waals surface area contributed by atoms with E-state index < -0.39 is 10.0 Å². The van der Waals surface area contributed by atoms with Gasteiger partial charge in [0, 0.05) is 10.6 Å². The Balaban J connectivity index is 1.69. The largest absolute Gasteiger partial charge is 0.497 e. The molecule has 2 aromatic carbocycles. The molecule has 7 nitrogen and oxygen atoms in total. The first-order chi connectivity index (χ1) is 12.0. The SMILES string of the molecule is COc1ccc(-c2noc(CNS(=O)(=O)c3ccc(Cl)cc3)n2)cc1. The Morgan fingerprint density at radius 3 is 2.44 bits per heavy atom. The van der Waals surface area contributed by atoms with Crippen LogP contribution in [0.4, 0.5) is 0 Å². The van der Waals surface area contributed by atoms with Crippen LogP contribution < -0.4 is 9.46 Å². The molecule has 0 saturated heterocycles. The summed E-state index contributed by atoms with van der Waals surface area (Å²) in [5, 5.41) is 4.31. The maximum Gasteiger partial charge on any atom is 0.242 e. The topological polar surface area (TPSA) is 94.3 Å². The summed E-state index contributed by atoms with van der Waals surface area (Å²) >= 11 is 5.76. The number of halogens is 1. The van der Waals surface area contributed by atoms with Crippen molar-refractivity contribution in [3.63, 3.8) is 0 Å². The first kappa shape index (κ1) is 17.4. The van der Waals surface area contributed by atoms with E-state index in [0.717, 1.165) is 5.56 Å². The number of benzene rings is 2. The van der Waals surface area contributed by atoms with Crippen molar-refractivity contribution in [1.82, 2.24) is 14.9 Å². The van der Waals surface area contributed by atoms with Crippen LogP contribution in [0.5, 0.6) is 5.75 Å². The van der Waals surface area contributed by atoms with Gasteiger partial charge in [-0.25, -0.2) is 13.1 Å². The Kier molecular flexibility index (Phi) is 5.03. The first-order valence-corrected chi connectivity index (χ1v) is 9.06. The third kappa shape index (κ3) is 4.16. The number of methoxy groups -OCH3 is 1. The molecular formula is C16H14ClN3O4S. The predicted molar refractivity (Wildman–Crippen MR) is 91.8 cm³/mol. The molecule has 0 bridgehead atoms. The number of hydrogen-bond acceptors (Lipinski definition) is 6. The summed E-state index contributed by atoms with van der Waals surface area (Å²) in [5.74, 6) is 1.23. The van der Waals surface area contributed by atoms with Gasteiger partial charge < -0.3 is 9.26 Å². The Labute approximate surface area is 149 Å². The highest BCUT2D eigenvalue weighted by Gasteiger charge is 2.16. The summed E-state index contributed by atoms with van der Waals surface area (Å²) < 4.78 is 37.0. The molecule has 3 aromatic rings. The van der Waals surface area contributed by atoms with Gasteiger partial charge in [-0.05, 0) is 48.5 Å². The number of sulfonamides is 1. The van der Waals surface area contributed by atoms with Gasteiger partial charge in [0.15, 0.2) is 0 Å². The average Bonchev–Trinajstić information content (AvgIpc) is 3.10. The smallest absolute Gasteiger partial charge is 0.242 e. The second-order valence-corrected chi connectivity index (χ2v) is 7.22. The van der Waals surface area contributed by atoms with Crippen LogP contribution in [0.3, 0.4) is 0 Å². The second kappa shape index (κ2) is 7.22. The zero-order valence-corrected chi connectivity index (χ0v) is 14.7. The van der Waals surface area contributed by atoms with Gasteiger partial charge in [-0.15, -0.1) is 0 Å². The molecule has 0 saturated carbocycles. The quantitative estimate of drug-likeness (QED) is 0.707. The van der Waals surface area contributed by atoms with Crippen molar-refractivity contribution in [3.8, 4) is 17.1 Å². The standard InChI is InChI=1S/C16H14ClN3O4S/c1-23-13-6-2-11(3-7-13)16-19-15(24-20-16)10-18-25(21,22)14-8-4-12(17)5-9-14/h2-9,18H,10H2,1H3. The summed E-state index contributed by atoms with van der Waals surface area (Å²) in [6, 6.07) is 13.0. The van der Waals surface area contributed by atoms with Crippen LogP contribution in [0, 0.1) is 0 Å². The lowest BCUT2D eigenvalue weighted by Crippen LogP contribution is -2.23. The van der Waals surface area contributed by atoms with Gasteiger partial charge in [0.1, 0.15) is 5.75 Å². The number of ether oxygens (including phenoxy) is 1. The minimum atomic E-state index is -3.69. The van der Waals surface area contributed by atoms with Gasteiger partial charge in [-0.3, -0.25) is 0 Å². The van der Waals surface area contributed by atoms with E-state index in [2.05, 4.69) is 14.9 Å². The fourth-order valence-corrected chi connectivity index (χ4v) is 3.14. The van der Waals surface area contributed by atoms with Gasteiger partial charge >= 0.3 is 0 Å². The molecule has 0 amide bonds. The summed E-state index contributed by atoms with van der Waals surface area (Å²) in [6.45, 7) is -0.117. The molecule has 130 valence electrons. The molecule has 3 rings (SSSR count). The van der Waals surface area contributed by atoms with Crippen molar-refractivity contribution in [2.24, 2.45) is 0 Å². The molecule has 1 aromatic heterocycles. The summed E-state index contributed by atoms with van der Waals surface area (Å²) in [7, 11) is -2.11. The van der Waals surface area contributed by atoms with Crippen LogP contribution in [0.25, 0.3) is 11.4 Å². The third-order valence-corrected chi connectivity index (χ3v) is 5.02. The maximum absolute atomic E-state index is 12.2. The molecule has 1 heterocycles. The summed E-state index contributed by atoms with van der Waals surface area (Å²) in [4.78, 5) is 4.28. The first-order valence-electron chi connectivity index (χ1n) is 7.20. The van der Waals surface area contributed by atoms with Gasteiger partial charge in [0.2, 0.25) is 21.7 Å². The highest BCUT2D eigenvalue weighted by atomic mass is 35.5. The zero-order valence-electron chi connectivity index (χ0n) is 13.1. The monoisotopic (exact) mass is 379 g/mol. The normalized spacial score (nSPS) is 11.4. The van der Waals surface area contributed by atoms with Crippen molar-refractivity contribution >= 4 is 21.6 Å². The van der Waals surface area contributed by atoms with Crippen LogP contribution in [-0.2, 0) is 16.6 Å². The molecule has 0 unspecified atom stereocenters. The number of rotatable bonds is 6. The van der Waals surface area contributed by atoms with E-state index in [0.29, 0.717) is 16.6 Å². The van der Waals surface area contributed by atoms with Gasteiger partial charge in [-0.2, -0.15) is 4.98 Å². The van der Waals surface area contributed by atoms with E-state index in [9.17, 15) is 8.42 Å². The number of nitrogens with one attached hydrogen (secondary N) is 1. The molecule has 0 radical (unpaired) electrons. The zero-order chi connectivity index (χ0) is 17.9. The van der Waals surface area contributed by atoms with Crippen LogP contribution in [0.15, 0.2) is 57.9 Å². The average molecular weight is 380 g/mol. The Morgan fingerprint density at radius 1 is 1.12 bits per heavy atom. The Bertz CT molecular complexity index is 954. The van der Waals surface area contributed by atoms with Gasteiger partial charge in [-0.1, -0.05) is 16.8 Å². The van der Waals surface area contributed by atoms with Gasteiger partial charge in [0.25, 0.3) is 0 Å². The third-order valence-electron chi connectivity index (χ3n) is 3.35. The molecule has 0 fully saturated rings. The summed E-state index contributed by atoms with van der Waals surface area (Å²) in [6.07, 6.45) is 0. The predicted octanol–water partition coefficient (Wildman–Crippen LogP) is 2.88. The molecule has 1 N–H and O–H groups in total. The van der Waals surface area contributed by atoms with Crippen molar-refractivity contribution in [2.45, 2.75) is 11.4 Å². The van der Waals surface area contributed by atoms with Crippen LogP contribution in [0.1, 0.15) is 5.89 Å². The Morgan fingerprint density at radius 2 is 1.80 bits per heavy atom. The second-order valence-electron chi connectivity index (χ2n) is 5.02. The van der Waals surface area contributed by atoms with E-state index in [1.54, 1.807) is 31.4 Å².